The summed E-state index contributed by atoms with van der Waals surface area (Å²) in [5, 5.41) is 9.06. The van der Waals surface area contributed by atoms with Crippen molar-refractivity contribution >= 4 is 29.0 Å². The van der Waals surface area contributed by atoms with E-state index < -0.39 is 11.5 Å². The number of piperidine rings is 1. The largest absolute Gasteiger partial charge is 0.566 e. The van der Waals surface area contributed by atoms with Gasteiger partial charge in [-0.25, -0.2) is 0 Å². The van der Waals surface area contributed by atoms with Gasteiger partial charge in [-0.1, -0.05) is 12.1 Å². The summed E-state index contributed by atoms with van der Waals surface area (Å²) in [5.74, 6) is 0.845. The maximum Gasteiger partial charge on any atom is 0.253 e. The van der Waals surface area contributed by atoms with E-state index in [1.807, 2.05) is 4.90 Å². The molecule has 154 valence electrons. The molecular weight excluding hydrogens is 402 g/mol. The van der Waals surface area contributed by atoms with E-state index in [0.717, 1.165) is 12.8 Å². The smallest absolute Gasteiger partial charge is 0.253 e. The van der Waals surface area contributed by atoms with Gasteiger partial charge in [0.25, 0.3) is 5.91 Å². The SMILES string of the molecule is N#Cc1cccc(C(=O)N2CCCC(COc3cccc4c3C(N)=N[S+]([O-])N4)C2)c1. The minimum absolute atomic E-state index is 0.0723. The fourth-order valence-corrected chi connectivity index (χ4v) is 4.42. The highest BCUT2D eigenvalue weighted by Crippen LogP contribution is 2.31. The zero-order valence-electron chi connectivity index (χ0n) is 16.2. The monoisotopic (exact) mass is 423 g/mol. The summed E-state index contributed by atoms with van der Waals surface area (Å²) >= 11 is -1.59. The normalized spacial score (nSPS) is 20.4. The van der Waals surface area contributed by atoms with Gasteiger partial charge in [-0.05, 0) is 47.6 Å². The molecule has 1 fully saturated rings. The Labute approximate surface area is 177 Å². The maximum absolute atomic E-state index is 12.9. The van der Waals surface area contributed by atoms with E-state index >= 15 is 0 Å². The zero-order chi connectivity index (χ0) is 21.1. The summed E-state index contributed by atoms with van der Waals surface area (Å²) in [6.07, 6.45) is 1.83. The summed E-state index contributed by atoms with van der Waals surface area (Å²) in [5.41, 5.74) is 8.18. The number of hydrogen-bond acceptors (Lipinski definition) is 7. The molecule has 3 N–H and O–H groups in total. The molecule has 1 saturated heterocycles. The van der Waals surface area contributed by atoms with Gasteiger partial charge in [0.1, 0.15) is 5.75 Å². The third-order valence-electron chi connectivity index (χ3n) is 5.18. The Morgan fingerprint density at radius 3 is 3.07 bits per heavy atom. The number of fused-ring (bicyclic) bond motifs is 1. The lowest BCUT2D eigenvalue weighted by Gasteiger charge is -2.33. The quantitative estimate of drug-likeness (QED) is 0.726. The Morgan fingerprint density at radius 1 is 1.40 bits per heavy atom. The third-order valence-corrected chi connectivity index (χ3v) is 5.94. The first-order chi connectivity index (χ1) is 14.5. The highest BCUT2D eigenvalue weighted by molar-refractivity contribution is 7.91. The average molecular weight is 423 g/mol. The van der Waals surface area contributed by atoms with E-state index in [-0.39, 0.29) is 17.7 Å². The maximum atomic E-state index is 12.9. The van der Waals surface area contributed by atoms with Gasteiger partial charge < -0.3 is 19.9 Å². The fourth-order valence-electron chi connectivity index (χ4n) is 3.75. The number of likely N-dealkylation sites (tertiary alicyclic amines) is 1. The Hall–Kier alpha value is -3.22. The Balaban J connectivity index is 1.42. The van der Waals surface area contributed by atoms with Gasteiger partial charge in [0, 0.05) is 24.6 Å². The number of hydrogen-bond donors (Lipinski definition) is 2. The first-order valence-electron chi connectivity index (χ1n) is 9.63. The van der Waals surface area contributed by atoms with Gasteiger partial charge in [-0.2, -0.15) is 9.98 Å². The molecule has 2 aromatic rings. The summed E-state index contributed by atoms with van der Waals surface area (Å²) in [6, 6.07) is 14.2. The molecule has 30 heavy (non-hydrogen) atoms. The van der Waals surface area contributed by atoms with Crippen molar-refractivity contribution in [1.29, 1.82) is 5.26 Å². The number of rotatable bonds is 4. The molecule has 0 radical (unpaired) electrons. The van der Waals surface area contributed by atoms with Crippen molar-refractivity contribution in [2.45, 2.75) is 12.8 Å². The van der Waals surface area contributed by atoms with Crippen LogP contribution in [0.1, 0.15) is 34.3 Å². The van der Waals surface area contributed by atoms with Crippen LogP contribution in [0, 0.1) is 17.2 Å². The molecule has 2 atom stereocenters. The number of nitrogens with one attached hydrogen (secondary N) is 1. The molecular formula is C21H21N5O3S. The van der Waals surface area contributed by atoms with Crippen molar-refractivity contribution < 1.29 is 14.1 Å². The summed E-state index contributed by atoms with van der Waals surface area (Å²) in [4.78, 5) is 14.7. The summed E-state index contributed by atoms with van der Waals surface area (Å²) in [7, 11) is 0. The van der Waals surface area contributed by atoms with Crippen molar-refractivity contribution in [3.8, 4) is 11.8 Å². The number of nitrogens with zero attached hydrogens (tertiary/aromatic N) is 3. The zero-order valence-corrected chi connectivity index (χ0v) is 17.0. The van der Waals surface area contributed by atoms with Gasteiger partial charge in [0.15, 0.2) is 5.84 Å². The van der Waals surface area contributed by atoms with Crippen molar-refractivity contribution in [3.05, 3.63) is 59.2 Å². The number of ether oxygens (including phenoxy) is 1. The molecule has 4 rings (SSSR count). The van der Waals surface area contributed by atoms with E-state index in [2.05, 4.69) is 15.2 Å². The molecule has 2 aliphatic heterocycles. The van der Waals surface area contributed by atoms with E-state index in [1.165, 1.54) is 0 Å². The molecule has 0 saturated carbocycles. The van der Waals surface area contributed by atoms with Crippen LogP contribution in [-0.4, -0.2) is 40.9 Å². The van der Waals surface area contributed by atoms with Crippen molar-refractivity contribution in [2.24, 2.45) is 16.0 Å². The number of carbonyl (C=O) groups is 1. The van der Waals surface area contributed by atoms with E-state index in [4.69, 9.17) is 15.7 Å². The summed E-state index contributed by atoms with van der Waals surface area (Å²) in [6.45, 7) is 1.69. The van der Waals surface area contributed by atoms with Crippen molar-refractivity contribution in [1.82, 2.24) is 4.90 Å². The third kappa shape index (κ3) is 4.20. The number of benzene rings is 2. The van der Waals surface area contributed by atoms with Crippen LogP contribution in [0.2, 0.25) is 0 Å². The lowest BCUT2D eigenvalue weighted by molar-refractivity contribution is 0.0633. The molecule has 8 nitrogen and oxygen atoms in total. The molecule has 0 aromatic heterocycles. The Kier molecular flexibility index (Phi) is 5.79. The second-order valence-corrected chi connectivity index (χ2v) is 8.15. The molecule has 0 aliphatic carbocycles. The summed E-state index contributed by atoms with van der Waals surface area (Å²) < 4.78 is 24.3. The highest BCUT2D eigenvalue weighted by Gasteiger charge is 2.27. The Bertz CT molecular complexity index is 1040. The number of amides is 1. The van der Waals surface area contributed by atoms with Crippen molar-refractivity contribution in [2.75, 3.05) is 24.4 Å². The minimum atomic E-state index is -1.59. The number of nitriles is 1. The number of anilines is 1. The van der Waals surface area contributed by atoms with Gasteiger partial charge in [-0.15, -0.1) is 0 Å². The molecule has 2 unspecified atom stereocenters. The molecule has 2 aromatic carbocycles. The first kappa shape index (κ1) is 20.1. The molecule has 2 heterocycles. The van der Waals surface area contributed by atoms with E-state index in [1.54, 1.807) is 42.5 Å². The topological polar surface area (TPSA) is 127 Å². The second kappa shape index (κ2) is 8.65. The fraction of sp³-hybridized carbons (Fsp3) is 0.286. The van der Waals surface area contributed by atoms with Gasteiger partial charge in [0.05, 0.1) is 29.5 Å². The van der Waals surface area contributed by atoms with Crippen LogP contribution in [0.5, 0.6) is 5.75 Å². The predicted octanol–water partition coefficient (Wildman–Crippen LogP) is 2.20. The number of nitrogens with two attached hydrogens (primary N) is 1. The van der Waals surface area contributed by atoms with Gasteiger partial charge >= 0.3 is 0 Å². The lowest BCUT2D eigenvalue weighted by Crippen LogP contribution is -2.41. The average Bonchev–Trinajstić information content (AvgIpc) is 2.77. The van der Waals surface area contributed by atoms with Crippen LogP contribution in [0.15, 0.2) is 46.9 Å². The lowest BCUT2D eigenvalue weighted by atomic mass is 9.98. The minimum Gasteiger partial charge on any atom is -0.566 e. The number of amidine groups is 1. The van der Waals surface area contributed by atoms with Crippen LogP contribution in [0.4, 0.5) is 5.69 Å². The van der Waals surface area contributed by atoms with Crippen LogP contribution in [0.3, 0.4) is 0 Å². The number of carbonyl (C=O) groups excluding carboxylic acids is 1. The Morgan fingerprint density at radius 2 is 2.23 bits per heavy atom. The van der Waals surface area contributed by atoms with E-state index in [9.17, 15) is 9.35 Å². The molecule has 2 aliphatic rings. The molecule has 9 heteroatoms. The standard InChI is InChI=1S/C21H21N5O3S/c22-11-14-4-1-6-16(10-14)21(27)26-9-3-5-15(12-26)13-29-18-8-2-7-17-19(18)20(23)25-30(28)24-17/h1-2,4,6-8,10,15,24H,3,5,9,12-13H2,(H2,23,25). The molecule has 0 spiro atoms. The van der Waals surface area contributed by atoms with Crippen LogP contribution in [0.25, 0.3) is 0 Å². The first-order valence-corrected chi connectivity index (χ1v) is 10.7. The van der Waals surface area contributed by atoms with Crippen molar-refractivity contribution in [3.63, 3.8) is 0 Å². The van der Waals surface area contributed by atoms with Crippen LogP contribution >= 0.6 is 0 Å². The molecule has 0 bridgehead atoms. The second-order valence-electron chi connectivity index (χ2n) is 7.27. The predicted molar refractivity (Wildman–Crippen MR) is 114 cm³/mol. The van der Waals surface area contributed by atoms with E-state index in [0.29, 0.717) is 47.8 Å². The van der Waals surface area contributed by atoms with Gasteiger partial charge in [-0.3, -0.25) is 4.79 Å². The molecule has 1 amide bonds. The van der Waals surface area contributed by atoms with Crippen LogP contribution < -0.4 is 15.2 Å². The van der Waals surface area contributed by atoms with Crippen LogP contribution in [-0.2, 0) is 11.5 Å². The highest BCUT2D eigenvalue weighted by atomic mass is 32.2. The van der Waals surface area contributed by atoms with Gasteiger partial charge in [0.2, 0.25) is 11.5 Å².